The first kappa shape index (κ1) is 22.6. The fourth-order valence-corrected chi connectivity index (χ4v) is 5.37. The van der Waals surface area contributed by atoms with E-state index in [1.165, 1.54) is 37.1 Å². The lowest BCUT2D eigenvalue weighted by Gasteiger charge is -2.35. The molecule has 2 aliphatic heterocycles. The molecule has 1 N–H and O–H groups in total. The molecule has 0 aromatic heterocycles. The van der Waals surface area contributed by atoms with Crippen molar-refractivity contribution in [3.05, 3.63) is 82.9 Å². The van der Waals surface area contributed by atoms with Crippen LogP contribution >= 0.6 is 0 Å². The van der Waals surface area contributed by atoms with Gasteiger partial charge in [-0.05, 0) is 67.2 Å². The molecule has 5 heteroatoms. The van der Waals surface area contributed by atoms with Crippen molar-refractivity contribution in [2.24, 2.45) is 0 Å². The summed E-state index contributed by atoms with van der Waals surface area (Å²) in [6.45, 7) is 4.12. The average Bonchev–Trinajstić information content (AvgIpc) is 3.40. The lowest BCUT2D eigenvalue weighted by atomic mass is 9.75. The van der Waals surface area contributed by atoms with Crippen molar-refractivity contribution in [2.75, 3.05) is 40.5 Å². The zero-order valence-corrected chi connectivity index (χ0v) is 20.0. The van der Waals surface area contributed by atoms with Crippen molar-refractivity contribution in [1.29, 1.82) is 0 Å². The molecule has 2 atom stereocenters. The van der Waals surface area contributed by atoms with Gasteiger partial charge in [0.1, 0.15) is 11.5 Å². The van der Waals surface area contributed by atoms with Gasteiger partial charge in [-0.1, -0.05) is 36.4 Å². The van der Waals surface area contributed by atoms with E-state index in [1.807, 2.05) is 12.1 Å². The molecule has 0 aliphatic carbocycles. The van der Waals surface area contributed by atoms with E-state index in [0.717, 1.165) is 29.8 Å². The highest BCUT2D eigenvalue weighted by atomic mass is 16.5. The lowest BCUT2D eigenvalue weighted by Crippen LogP contribution is -2.25. The molecule has 1 saturated heterocycles. The SMILES string of the molecule is COc1ccc(C2COc3cc(O)ccc3C2c2ccc(CCN3CCCC3)cc2)cc1OC. The number of benzene rings is 3. The first-order chi connectivity index (χ1) is 16.7. The van der Waals surface area contributed by atoms with Crippen LogP contribution in [0.5, 0.6) is 23.0 Å². The Morgan fingerprint density at radius 1 is 0.882 bits per heavy atom. The zero-order valence-electron chi connectivity index (χ0n) is 20.0. The summed E-state index contributed by atoms with van der Waals surface area (Å²) >= 11 is 0. The fraction of sp³-hybridized carbons (Fsp3) is 0.379. The molecule has 3 aromatic rings. The number of hydrogen-bond donors (Lipinski definition) is 1. The standard InChI is InChI=1S/C29H33NO4/c1-32-26-12-9-22(17-28(26)33-2)25-19-34-27-18-23(31)10-11-24(27)29(25)21-7-5-20(6-8-21)13-16-30-14-3-4-15-30/h5-12,17-18,25,29,31H,3-4,13-16,19H2,1-2H3. The van der Waals surface area contributed by atoms with Crippen molar-refractivity contribution in [3.63, 3.8) is 0 Å². The molecule has 178 valence electrons. The van der Waals surface area contributed by atoms with E-state index in [0.29, 0.717) is 18.1 Å². The number of methoxy groups -OCH3 is 2. The Bertz CT molecular complexity index is 1120. The summed E-state index contributed by atoms with van der Waals surface area (Å²) in [4.78, 5) is 2.56. The molecule has 0 radical (unpaired) electrons. The van der Waals surface area contributed by atoms with Crippen molar-refractivity contribution in [1.82, 2.24) is 4.90 Å². The molecule has 34 heavy (non-hydrogen) atoms. The van der Waals surface area contributed by atoms with E-state index < -0.39 is 0 Å². The van der Waals surface area contributed by atoms with Gasteiger partial charge in [-0.25, -0.2) is 0 Å². The number of ether oxygens (including phenoxy) is 3. The molecule has 3 aromatic carbocycles. The second-order valence-electron chi connectivity index (χ2n) is 9.27. The van der Waals surface area contributed by atoms with E-state index in [4.69, 9.17) is 14.2 Å². The summed E-state index contributed by atoms with van der Waals surface area (Å²) in [7, 11) is 3.31. The van der Waals surface area contributed by atoms with Gasteiger partial charge in [0.15, 0.2) is 11.5 Å². The van der Waals surface area contributed by atoms with Crippen LogP contribution in [-0.2, 0) is 6.42 Å². The molecule has 0 amide bonds. The van der Waals surface area contributed by atoms with E-state index in [-0.39, 0.29) is 17.6 Å². The quantitative estimate of drug-likeness (QED) is 0.516. The summed E-state index contributed by atoms with van der Waals surface area (Å²) in [5.41, 5.74) is 4.85. The molecule has 2 heterocycles. The largest absolute Gasteiger partial charge is 0.508 e. The van der Waals surface area contributed by atoms with Crippen LogP contribution in [-0.4, -0.2) is 50.5 Å². The molecule has 5 nitrogen and oxygen atoms in total. The third kappa shape index (κ3) is 4.58. The summed E-state index contributed by atoms with van der Waals surface area (Å²) < 4.78 is 17.2. The molecule has 2 unspecified atom stereocenters. The van der Waals surface area contributed by atoms with Crippen molar-refractivity contribution >= 4 is 0 Å². The monoisotopic (exact) mass is 459 g/mol. The van der Waals surface area contributed by atoms with Gasteiger partial charge < -0.3 is 24.2 Å². The predicted molar refractivity (Wildman–Crippen MR) is 134 cm³/mol. The number of rotatable bonds is 7. The lowest BCUT2D eigenvalue weighted by molar-refractivity contribution is 0.247. The van der Waals surface area contributed by atoms with Crippen LogP contribution in [0.2, 0.25) is 0 Å². The van der Waals surface area contributed by atoms with E-state index in [9.17, 15) is 5.11 Å². The Balaban J connectivity index is 1.47. The van der Waals surface area contributed by atoms with Crippen LogP contribution in [0.1, 0.15) is 46.9 Å². The van der Waals surface area contributed by atoms with Gasteiger partial charge in [-0.3, -0.25) is 0 Å². The van der Waals surface area contributed by atoms with Crippen LogP contribution in [0, 0.1) is 0 Å². The Kier molecular flexibility index (Phi) is 6.63. The highest BCUT2D eigenvalue weighted by Crippen LogP contribution is 2.48. The van der Waals surface area contributed by atoms with Gasteiger partial charge in [0.2, 0.25) is 0 Å². The summed E-state index contributed by atoms with van der Waals surface area (Å²) in [6.07, 6.45) is 3.74. The molecule has 0 bridgehead atoms. The van der Waals surface area contributed by atoms with Gasteiger partial charge in [0, 0.05) is 30.0 Å². The van der Waals surface area contributed by atoms with Gasteiger partial charge >= 0.3 is 0 Å². The topological polar surface area (TPSA) is 51.2 Å². The Morgan fingerprint density at radius 2 is 1.62 bits per heavy atom. The second-order valence-corrected chi connectivity index (χ2v) is 9.27. The van der Waals surface area contributed by atoms with Gasteiger partial charge in [0.25, 0.3) is 0 Å². The van der Waals surface area contributed by atoms with Crippen LogP contribution < -0.4 is 14.2 Å². The molecular formula is C29H33NO4. The third-order valence-corrected chi connectivity index (χ3v) is 7.24. The van der Waals surface area contributed by atoms with Crippen molar-refractivity contribution < 1.29 is 19.3 Å². The first-order valence-corrected chi connectivity index (χ1v) is 12.1. The number of nitrogens with zero attached hydrogens (tertiary/aromatic N) is 1. The van der Waals surface area contributed by atoms with Crippen LogP contribution in [0.25, 0.3) is 0 Å². The normalized spacial score (nSPS) is 19.9. The Hall–Kier alpha value is -3.18. The van der Waals surface area contributed by atoms with Gasteiger partial charge in [-0.15, -0.1) is 0 Å². The molecule has 2 aliphatic rings. The second kappa shape index (κ2) is 9.98. The molecular weight excluding hydrogens is 426 g/mol. The highest BCUT2D eigenvalue weighted by Gasteiger charge is 2.34. The predicted octanol–water partition coefficient (Wildman–Crippen LogP) is 5.36. The Morgan fingerprint density at radius 3 is 2.35 bits per heavy atom. The van der Waals surface area contributed by atoms with Crippen LogP contribution in [0.4, 0.5) is 0 Å². The molecule has 0 saturated carbocycles. The maximum atomic E-state index is 10.0. The minimum Gasteiger partial charge on any atom is -0.508 e. The number of likely N-dealkylation sites (tertiary alicyclic amines) is 1. The number of hydrogen-bond acceptors (Lipinski definition) is 5. The first-order valence-electron chi connectivity index (χ1n) is 12.1. The zero-order chi connectivity index (χ0) is 23.5. The minimum absolute atomic E-state index is 0.104. The van der Waals surface area contributed by atoms with Crippen LogP contribution in [0.3, 0.4) is 0 Å². The smallest absolute Gasteiger partial charge is 0.160 e. The van der Waals surface area contributed by atoms with E-state index in [1.54, 1.807) is 26.4 Å². The summed E-state index contributed by atoms with van der Waals surface area (Å²) in [6, 6.07) is 20.6. The average molecular weight is 460 g/mol. The van der Waals surface area contributed by atoms with Crippen molar-refractivity contribution in [3.8, 4) is 23.0 Å². The van der Waals surface area contributed by atoms with Crippen LogP contribution in [0.15, 0.2) is 60.7 Å². The third-order valence-electron chi connectivity index (χ3n) is 7.24. The molecule has 0 spiro atoms. The van der Waals surface area contributed by atoms with Crippen molar-refractivity contribution in [2.45, 2.75) is 31.1 Å². The highest BCUT2D eigenvalue weighted by molar-refractivity contribution is 5.52. The molecule has 1 fully saturated rings. The minimum atomic E-state index is 0.104. The fourth-order valence-electron chi connectivity index (χ4n) is 5.37. The molecule has 5 rings (SSSR count). The van der Waals surface area contributed by atoms with Gasteiger partial charge in [-0.2, -0.15) is 0 Å². The number of phenols is 1. The number of aromatic hydroxyl groups is 1. The van der Waals surface area contributed by atoms with E-state index in [2.05, 4.69) is 41.3 Å². The number of phenolic OH excluding ortho intramolecular Hbond substituents is 1. The van der Waals surface area contributed by atoms with Gasteiger partial charge in [0.05, 0.1) is 20.8 Å². The Labute approximate surface area is 201 Å². The summed E-state index contributed by atoms with van der Waals surface area (Å²) in [5, 5.41) is 10.0. The maximum absolute atomic E-state index is 10.0. The maximum Gasteiger partial charge on any atom is 0.160 e. The van der Waals surface area contributed by atoms with E-state index >= 15 is 0 Å². The summed E-state index contributed by atoms with van der Waals surface area (Å²) in [5.74, 6) is 2.61. The number of fused-ring (bicyclic) bond motifs is 1.